The second-order valence-corrected chi connectivity index (χ2v) is 5.10. The van der Waals surface area contributed by atoms with Crippen LogP contribution < -0.4 is 9.47 Å². The Morgan fingerprint density at radius 2 is 2.00 bits per heavy atom. The average molecular weight is 278 g/mol. The molecule has 3 nitrogen and oxygen atoms in total. The minimum absolute atomic E-state index is 0.248. The van der Waals surface area contributed by atoms with Crippen LogP contribution >= 0.6 is 0 Å². The molecule has 0 aliphatic rings. The zero-order chi connectivity index (χ0) is 15.0. The Bertz CT molecular complexity index is 426. The Labute approximate surface area is 122 Å². The second kappa shape index (κ2) is 8.62. The first-order chi connectivity index (χ1) is 9.62. The Morgan fingerprint density at radius 1 is 1.25 bits per heavy atom. The van der Waals surface area contributed by atoms with Gasteiger partial charge in [0.1, 0.15) is 5.78 Å². The first-order valence-corrected chi connectivity index (χ1v) is 7.42. The van der Waals surface area contributed by atoms with E-state index in [0.717, 1.165) is 30.8 Å². The third kappa shape index (κ3) is 4.87. The van der Waals surface area contributed by atoms with E-state index in [9.17, 15) is 4.79 Å². The minimum atomic E-state index is 0.248. The number of methoxy groups -OCH3 is 1. The van der Waals surface area contributed by atoms with Crippen LogP contribution in [0.3, 0.4) is 0 Å². The Kier molecular flexibility index (Phi) is 7.13. The van der Waals surface area contributed by atoms with E-state index < -0.39 is 0 Å². The molecule has 1 aromatic rings. The van der Waals surface area contributed by atoms with Gasteiger partial charge in [0, 0.05) is 6.42 Å². The van der Waals surface area contributed by atoms with E-state index in [1.54, 1.807) is 14.0 Å². The summed E-state index contributed by atoms with van der Waals surface area (Å²) in [6, 6.07) is 6.10. The second-order valence-electron chi connectivity index (χ2n) is 5.10. The molecule has 1 rings (SSSR count). The van der Waals surface area contributed by atoms with Crippen LogP contribution in [-0.2, 0) is 4.79 Å². The summed E-state index contributed by atoms with van der Waals surface area (Å²) in [5, 5.41) is 0. The monoisotopic (exact) mass is 278 g/mol. The van der Waals surface area contributed by atoms with Crippen molar-refractivity contribution in [2.75, 3.05) is 13.7 Å². The van der Waals surface area contributed by atoms with Crippen molar-refractivity contribution in [1.29, 1.82) is 0 Å². The number of ketones is 1. The van der Waals surface area contributed by atoms with Crippen LogP contribution in [0.2, 0.25) is 0 Å². The molecule has 1 atom stereocenters. The van der Waals surface area contributed by atoms with Gasteiger partial charge in [-0.15, -0.1) is 0 Å². The summed E-state index contributed by atoms with van der Waals surface area (Å²) in [6.07, 6.45) is 3.52. The minimum Gasteiger partial charge on any atom is -0.493 e. The van der Waals surface area contributed by atoms with Gasteiger partial charge in [0.15, 0.2) is 11.5 Å². The van der Waals surface area contributed by atoms with Gasteiger partial charge in [-0.2, -0.15) is 0 Å². The van der Waals surface area contributed by atoms with E-state index in [0.29, 0.717) is 18.9 Å². The molecule has 0 saturated heterocycles. The molecule has 112 valence electrons. The van der Waals surface area contributed by atoms with Crippen molar-refractivity contribution in [2.45, 2.75) is 52.4 Å². The van der Waals surface area contributed by atoms with E-state index in [1.807, 2.05) is 12.1 Å². The average Bonchev–Trinajstić information content (AvgIpc) is 2.45. The maximum atomic E-state index is 11.1. The number of hydrogen-bond donors (Lipinski definition) is 0. The smallest absolute Gasteiger partial charge is 0.161 e. The van der Waals surface area contributed by atoms with Gasteiger partial charge >= 0.3 is 0 Å². The van der Waals surface area contributed by atoms with Crippen LogP contribution in [0.1, 0.15) is 57.9 Å². The highest BCUT2D eigenvalue weighted by Gasteiger charge is 2.13. The molecule has 0 amide bonds. The third-order valence-electron chi connectivity index (χ3n) is 3.46. The molecule has 20 heavy (non-hydrogen) atoms. The lowest BCUT2D eigenvalue weighted by atomic mass is 9.91. The first kappa shape index (κ1) is 16.5. The number of hydrogen-bond acceptors (Lipinski definition) is 3. The van der Waals surface area contributed by atoms with Crippen LogP contribution in [0.15, 0.2) is 18.2 Å². The van der Waals surface area contributed by atoms with Crippen LogP contribution in [0.5, 0.6) is 11.5 Å². The van der Waals surface area contributed by atoms with Crippen LogP contribution in [0.4, 0.5) is 0 Å². The Balaban J connectivity index is 2.85. The van der Waals surface area contributed by atoms with Crippen molar-refractivity contribution in [3.8, 4) is 11.5 Å². The number of carbonyl (C=O) groups excluding carboxylic acids is 1. The molecule has 0 heterocycles. The largest absolute Gasteiger partial charge is 0.493 e. The molecule has 0 fully saturated rings. The number of Topliss-reactive ketones (excluding diaryl/α,β-unsaturated/α-hetero) is 1. The van der Waals surface area contributed by atoms with Gasteiger partial charge in [-0.1, -0.05) is 19.9 Å². The topological polar surface area (TPSA) is 35.5 Å². The van der Waals surface area contributed by atoms with Crippen molar-refractivity contribution >= 4 is 5.78 Å². The molecule has 0 aliphatic heterocycles. The number of rotatable bonds is 9. The van der Waals surface area contributed by atoms with Crippen LogP contribution in [-0.4, -0.2) is 19.5 Å². The molecule has 0 N–H and O–H groups in total. The van der Waals surface area contributed by atoms with E-state index in [-0.39, 0.29) is 5.78 Å². The highest BCUT2D eigenvalue weighted by Crippen LogP contribution is 2.33. The molecule has 0 aliphatic carbocycles. The summed E-state index contributed by atoms with van der Waals surface area (Å²) in [7, 11) is 1.66. The van der Waals surface area contributed by atoms with E-state index >= 15 is 0 Å². The fraction of sp³-hybridized carbons (Fsp3) is 0.588. The fourth-order valence-electron chi connectivity index (χ4n) is 2.25. The van der Waals surface area contributed by atoms with Crippen molar-refractivity contribution in [1.82, 2.24) is 0 Å². The zero-order valence-corrected chi connectivity index (χ0v) is 13.1. The van der Waals surface area contributed by atoms with E-state index in [1.165, 1.54) is 5.56 Å². The quantitative estimate of drug-likeness (QED) is 0.673. The summed E-state index contributed by atoms with van der Waals surface area (Å²) >= 11 is 0. The molecule has 1 unspecified atom stereocenters. The highest BCUT2D eigenvalue weighted by atomic mass is 16.5. The predicted octanol–water partition coefficient (Wildman–Crippen LogP) is 4.35. The molecule has 0 aromatic heterocycles. The fourth-order valence-corrected chi connectivity index (χ4v) is 2.25. The molecule has 0 radical (unpaired) electrons. The normalized spacial score (nSPS) is 12.0. The molecule has 0 spiro atoms. The van der Waals surface area contributed by atoms with Crippen molar-refractivity contribution in [3.63, 3.8) is 0 Å². The maximum absolute atomic E-state index is 11.1. The SMILES string of the molecule is CCCOc1ccc(C(CC)CCC(C)=O)cc1OC. The van der Waals surface area contributed by atoms with Gasteiger partial charge in [-0.3, -0.25) is 0 Å². The maximum Gasteiger partial charge on any atom is 0.161 e. The third-order valence-corrected chi connectivity index (χ3v) is 3.46. The summed E-state index contributed by atoms with van der Waals surface area (Å²) in [4.78, 5) is 11.1. The summed E-state index contributed by atoms with van der Waals surface area (Å²) in [5.74, 6) is 2.21. The van der Waals surface area contributed by atoms with Crippen molar-refractivity contribution in [2.24, 2.45) is 0 Å². The lowest BCUT2D eigenvalue weighted by Crippen LogP contribution is -2.03. The molecule has 1 aromatic carbocycles. The molecule has 3 heteroatoms. The molecular formula is C17H26O3. The Morgan fingerprint density at radius 3 is 2.55 bits per heavy atom. The van der Waals surface area contributed by atoms with E-state index in [4.69, 9.17) is 9.47 Å². The van der Waals surface area contributed by atoms with E-state index in [2.05, 4.69) is 19.9 Å². The zero-order valence-electron chi connectivity index (χ0n) is 13.1. The Hall–Kier alpha value is -1.51. The summed E-state index contributed by atoms with van der Waals surface area (Å²) in [5.41, 5.74) is 1.22. The standard InChI is InChI=1S/C17H26O3/c1-5-11-20-16-10-9-15(12-17(16)19-4)14(6-2)8-7-13(3)18/h9-10,12,14H,5-8,11H2,1-4H3. The van der Waals surface area contributed by atoms with Gasteiger partial charge < -0.3 is 14.3 Å². The van der Waals surface area contributed by atoms with Crippen molar-refractivity contribution < 1.29 is 14.3 Å². The van der Waals surface area contributed by atoms with Gasteiger partial charge in [0.25, 0.3) is 0 Å². The van der Waals surface area contributed by atoms with Gasteiger partial charge in [0.05, 0.1) is 13.7 Å². The summed E-state index contributed by atoms with van der Waals surface area (Å²) in [6.45, 7) is 6.57. The summed E-state index contributed by atoms with van der Waals surface area (Å²) < 4.78 is 11.1. The first-order valence-electron chi connectivity index (χ1n) is 7.42. The van der Waals surface area contributed by atoms with Crippen molar-refractivity contribution in [3.05, 3.63) is 23.8 Å². The van der Waals surface area contributed by atoms with Gasteiger partial charge in [-0.05, 0) is 49.8 Å². The highest BCUT2D eigenvalue weighted by molar-refractivity contribution is 5.75. The molecule has 0 bridgehead atoms. The molecule has 0 saturated carbocycles. The lowest BCUT2D eigenvalue weighted by Gasteiger charge is -2.17. The molecular weight excluding hydrogens is 252 g/mol. The lowest BCUT2D eigenvalue weighted by molar-refractivity contribution is -0.117. The van der Waals surface area contributed by atoms with Gasteiger partial charge in [0.2, 0.25) is 0 Å². The predicted molar refractivity (Wildman–Crippen MR) is 81.7 cm³/mol. The van der Waals surface area contributed by atoms with Crippen LogP contribution in [0.25, 0.3) is 0 Å². The van der Waals surface area contributed by atoms with Gasteiger partial charge in [-0.25, -0.2) is 0 Å². The van der Waals surface area contributed by atoms with Crippen LogP contribution in [0, 0.1) is 0 Å². The number of carbonyl (C=O) groups is 1. The number of benzene rings is 1. The number of ether oxygens (including phenoxy) is 2.